The van der Waals surface area contributed by atoms with Crippen molar-refractivity contribution in [1.82, 2.24) is 9.80 Å². The lowest BCUT2D eigenvalue weighted by Gasteiger charge is -2.38. The van der Waals surface area contributed by atoms with Crippen molar-refractivity contribution in [3.63, 3.8) is 0 Å². The zero-order chi connectivity index (χ0) is 24.7. The molecule has 0 spiro atoms. The average molecular weight is 503 g/mol. The molecule has 2 aliphatic heterocycles. The third-order valence-corrected chi connectivity index (χ3v) is 6.96. The lowest BCUT2D eigenvalue weighted by atomic mass is 9.92. The van der Waals surface area contributed by atoms with Crippen molar-refractivity contribution in [3.05, 3.63) is 53.1 Å². The molecule has 35 heavy (non-hydrogen) atoms. The molecule has 0 atom stereocenters. The maximum absolute atomic E-state index is 11.8. The molecule has 0 aliphatic carbocycles. The van der Waals surface area contributed by atoms with Crippen LogP contribution in [0.4, 0.5) is 0 Å². The van der Waals surface area contributed by atoms with Crippen molar-refractivity contribution >= 4 is 17.5 Å². The van der Waals surface area contributed by atoms with E-state index < -0.39 is 5.60 Å². The van der Waals surface area contributed by atoms with Crippen LogP contribution in [-0.4, -0.2) is 72.9 Å². The maximum Gasteiger partial charge on any atom is 0.222 e. The third-order valence-electron chi connectivity index (χ3n) is 6.73. The van der Waals surface area contributed by atoms with Gasteiger partial charge in [-0.2, -0.15) is 0 Å². The number of nitrogens with zero attached hydrogens (tertiary/aromatic N) is 2. The van der Waals surface area contributed by atoms with Crippen LogP contribution in [-0.2, 0) is 11.3 Å². The Morgan fingerprint density at radius 3 is 2.60 bits per heavy atom. The van der Waals surface area contributed by atoms with Crippen LogP contribution in [0.2, 0.25) is 5.02 Å². The highest BCUT2D eigenvalue weighted by atomic mass is 35.5. The number of hydrogen-bond acceptors (Lipinski definition) is 6. The molecule has 190 valence electrons. The second-order valence-corrected chi connectivity index (χ2v) is 9.85. The van der Waals surface area contributed by atoms with Gasteiger partial charge in [0, 0.05) is 44.2 Å². The minimum absolute atomic E-state index is 0.244. The van der Waals surface area contributed by atoms with E-state index in [1.807, 2.05) is 29.2 Å². The summed E-state index contributed by atoms with van der Waals surface area (Å²) in [6, 6.07) is 13.3. The van der Waals surface area contributed by atoms with Crippen LogP contribution in [0.1, 0.15) is 37.7 Å². The van der Waals surface area contributed by atoms with E-state index in [1.165, 1.54) is 0 Å². The molecule has 1 N–H and O–H groups in total. The Hall–Kier alpha value is -2.48. The van der Waals surface area contributed by atoms with Gasteiger partial charge < -0.3 is 24.2 Å². The van der Waals surface area contributed by atoms with Gasteiger partial charge in [-0.1, -0.05) is 23.7 Å². The van der Waals surface area contributed by atoms with Gasteiger partial charge in [0.1, 0.15) is 18.0 Å². The highest BCUT2D eigenvalue weighted by molar-refractivity contribution is 6.30. The molecule has 2 aromatic carbocycles. The Bertz CT molecular complexity index is 993. The topological polar surface area (TPSA) is 71.5 Å². The van der Waals surface area contributed by atoms with Crippen molar-refractivity contribution in [2.75, 3.05) is 46.5 Å². The Morgan fingerprint density at radius 1 is 1.06 bits per heavy atom. The molecule has 0 unspecified atom stereocenters. The summed E-state index contributed by atoms with van der Waals surface area (Å²) >= 11 is 6.01. The summed E-state index contributed by atoms with van der Waals surface area (Å²) in [6.45, 7) is 4.71. The molecule has 0 aromatic heterocycles. The molecule has 0 radical (unpaired) electrons. The largest absolute Gasteiger partial charge is 0.493 e. The highest BCUT2D eigenvalue weighted by Gasteiger charge is 2.33. The van der Waals surface area contributed by atoms with E-state index in [1.54, 1.807) is 19.2 Å². The Morgan fingerprint density at radius 2 is 1.89 bits per heavy atom. The van der Waals surface area contributed by atoms with Crippen molar-refractivity contribution in [3.8, 4) is 17.2 Å². The monoisotopic (exact) mass is 502 g/mol. The predicted molar refractivity (Wildman–Crippen MR) is 135 cm³/mol. The summed E-state index contributed by atoms with van der Waals surface area (Å²) in [7, 11) is 1.64. The fourth-order valence-electron chi connectivity index (χ4n) is 4.61. The quantitative estimate of drug-likeness (QED) is 0.465. The van der Waals surface area contributed by atoms with Crippen molar-refractivity contribution in [2.45, 2.75) is 44.2 Å². The minimum atomic E-state index is -0.844. The molecule has 0 saturated carbocycles. The molecule has 2 saturated heterocycles. The predicted octanol–water partition coefficient (Wildman–Crippen LogP) is 4.15. The molecular weight excluding hydrogens is 468 g/mol. The molecule has 2 aromatic rings. The molecule has 8 heteroatoms. The number of halogens is 1. The van der Waals surface area contributed by atoms with Gasteiger partial charge in [0.25, 0.3) is 0 Å². The van der Waals surface area contributed by atoms with E-state index in [2.05, 4.69) is 11.0 Å². The first-order valence-corrected chi connectivity index (χ1v) is 12.7. The van der Waals surface area contributed by atoms with Crippen LogP contribution < -0.4 is 14.2 Å². The Balaban J connectivity index is 1.24. The number of benzene rings is 2. The second kappa shape index (κ2) is 12.0. The maximum atomic E-state index is 11.8. The van der Waals surface area contributed by atoms with E-state index in [0.717, 1.165) is 56.9 Å². The number of hydrogen-bond donors (Lipinski definition) is 1. The number of ether oxygens (including phenoxy) is 3. The van der Waals surface area contributed by atoms with Crippen molar-refractivity contribution in [1.29, 1.82) is 0 Å². The lowest BCUT2D eigenvalue weighted by Crippen LogP contribution is -2.47. The van der Waals surface area contributed by atoms with E-state index >= 15 is 0 Å². The van der Waals surface area contributed by atoms with Crippen molar-refractivity contribution < 1.29 is 24.1 Å². The molecule has 0 bridgehead atoms. The SMILES string of the molecule is COc1ccc(CN2CCC(O)(COc3cccc(Cl)c3)CC2)cc1OCCCN1CCCC1=O. The van der Waals surface area contributed by atoms with E-state index in [-0.39, 0.29) is 12.5 Å². The smallest absolute Gasteiger partial charge is 0.222 e. The molecule has 2 heterocycles. The number of piperidine rings is 1. The summed E-state index contributed by atoms with van der Waals surface area (Å²) in [4.78, 5) is 16.0. The van der Waals surface area contributed by atoms with Gasteiger partial charge in [-0.05, 0) is 61.6 Å². The van der Waals surface area contributed by atoms with Crippen LogP contribution in [0.15, 0.2) is 42.5 Å². The zero-order valence-corrected chi connectivity index (χ0v) is 21.1. The van der Waals surface area contributed by atoms with Crippen LogP contribution in [0.3, 0.4) is 0 Å². The van der Waals surface area contributed by atoms with Gasteiger partial charge in [0.15, 0.2) is 11.5 Å². The summed E-state index contributed by atoms with van der Waals surface area (Å²) in [5.74, 6) is 2.35. The fraction of sp³-hybridized carbons (Fsp3) is 0.519. The van der Waals surface area contributed by atoms with Gasteiger partial charge in [-0.3, -0.25) is 9.69 Å². The van der Waals surface area contributed by atoms with Gasteiger partial charge in [-0.15, -0.1) is 0 Å². The Kier molecular flexibility index (Phi) is 8.76. The number of rotatable bonds is 11. The zero-order valence-electron chi connectivity index (χ0n) is 20.4. The summed E-state index contributed by atoms with van der Waals surface area (Å²) < 4.78 is 17.3. The van der Waals surface area contributed by atoms with Crippen LogP contribution in [0, 0.1) is 0 Å². The first kappa shape index (κ1) is 25.6. The lowest BCUT2D eigenvalue weighted by molar-refractivity contribution is -0.127. The Labute approximate surface area is 212 Å². The highest BCUT2D eigenvalue weighted by Crippen LogP contribution is 2.30. The number of methoxy groups -OCH3 is 1. The van der Waals surface area contributed by atoms with Crippen molar-refractivity contribution in [2.24, 2.45) is 0 Å². The van der Waals surface area contributed by atoms with E-state index in [0.29, 0.717) is 42.4 Å². The number of aliphatic hydroxyl groups is 1. The summed E-state index contributed by atoms with van der Waals surface area (Å²) in [6.07, 6.45) is 3.70. The molecule has 7 nitrogen and oxygen atoms in total. The van der Waals surface area contributed by atoms with Gasteiger partial charge in [-0.25, -0.2) is 0 Å². The van der Waals surface area contributed by atoms with Crippen LogP contribution in [0.5, 0.6) is 17.2 Å². The van der Waals surface area contributed by atoms with Gasteiger partial charge in [0.05, 0.1) is 13.7 Å². The average Bonchev–Trinajstić information content (AvgIpc) is 3.27. The molecular formula is C27H35ClN2O5. The second-order valence-electron chi connectivity index (χ2n) is 9.42. The van der Waals surface area contributed by atoms with E-state index in [9.17, 15) is 9.90 Å². The number of amides is 1. The van der Waals surface area contributed by atoms with Crippen LogP contribution >= 0.6 is 11.6 Å². The normalized spacial score (nSPS) is 18.0. The first-order valence-electron chi connectivity index (χ1n) is 12.3. The van der Waals surface area contributed by atoms with Gasteiger partial charge in [0.2, 0.25) is 5.91 Å². The summed E-state index contributed by atoms with van der Waals surface area (Å²) in [5.41, 5.74) is 0.292. The third kappa shape index (κ3) is 7.26. The van der Waals surface area contributed by atoms with Gasteiger partial charge >= 0.3 is 0 Å². The fourth-order valence-corrected chi connectivity index (χ4v) is 4.79. The molecule has 2 aliphatic rings. The molecule has 4 rings (SSSR count). The number of carbonyl (C=O) groups excluding carboxylic acids is 1. The standard InChI is InChI=1S/C27H35ClN2O5/c1-33-24-9-8-21(17-25(24)34-16-4-13-30-12-3-7-26(30)31)19-29-14-10-27(32,11-15-29)20-35-23-6-2-5-22(28)18-23/h2,5-6,8-9,17-18,32H,3-4,7,10-16,19-20H2,1H3. The summed E-state index contributed by atoms with van der Waals surface area (Å²) in [5, 5.41) is 11.6. The first-order chi connectivity index (χ1) is 16.9. The minimum Gasteiger partial charge on any atom is -0.493 e. The van der Waals surface area contributed by atoms with E-state index in [4.69, 9.17) is 25.8 Å². The number of carbonyl (C=O) groups is 1. The number of likely N-dealkylation sites (tertiary alicyclic amines) is 2. The van der Waals surface area contributed by atoms with Crippen LogP contribution in [0.25, 0.3) is 0 Å². The molecule has 1 amide bonds. The molecule has 2 fully saturated rings.